The molecule has 0 spiro atoms. The van der Waals surface area contributed by atoms with Crippen LogP contribution < -0.4 is 0 Å². The Kier molecular flexibility index (Phi) is 2.10. The number of hydrogen-bond acceptors (Lipinski definition) is 2. The molecule has 0 atom stereocenters. The Balaban J connectivity index is 2.92. The summed E-state index contributed by atoms with van der Waals surface area (Å²) in [6.07, 6.45) is 0.885. The summed E-state index contributed by atoms with van der Waals surface area (Å²) in [4.78, 5) is 11.4. The van der Waals surface area contributed by atoms with Crippen LogP contribution in [-0.4, -0.2) is 6.29 Å². The van der Waals surface area contributed by atoms with Gasteiger partial charge in [-0.3, -0.25) is 4.79 Å². The molecule has 0 aliphatic heterocycles. The van der Waals surface area contributed by atoms with Crippen LogP contribution in [0.1, 0.15) is 15.2 Å². The molecule has 0 amide bonds. The quantitative estimate of drug-likeness (QED) is 0.657. The van der Waals surface area contributed by atoms with Crippen molar-refractivity contribution in [1.29, 1.82) is 0 Å². The van der Waals surface area contributed by atoms with Crippen LogP contribution in [-0.2, 0) is 0 Å². The van der Waals surface area contributed by atoms with Crippen LogP contribution in [0, 0.1) is 6.92 Å². The highest BCUT2D eigenvalue weighted by molar-refractivity contribution is 7.20. The predicted molar refractivity (Wildman–Crippen MR) is 57.0 cm³/mol. The molecule has 0 radical (unpaired) electrons. The molecule has 0 bridgehead atoms. The van der Waals surface area contributed by atoms with Crippen LogP contribution in [0.25, 0.3) is 10.1 Å². The molecule has 1 nitrogen and oxygen atoms in total. The fourth-order valence-corrected chi connectivity index (χ4v) is 2.81. The van der Waals surface area contributed by atoms with E-state index < -0.39 is 0 Å². The molecule has 3 heteroatoms. The Morgan fingerprint density at radius 3 is 2.85 bits per heavy atom. The summed E-state index contributed by atoms with van der Waals surface area (Å²) in [7, 11) is 0. The monoisotopic (exact) mass is 210 g/mol. The van der Waals surface area contributed by atoms with Gasteiger partial charge in [0.15, 0.2) is 6.29 Å². The van der Waals surface area contributed by atoms with Gasteiger partial charge in [-0.15, -0.1) is 11.3 Å². The van der Waals surface area contributed by atoms with E-state index in [9.17, 15) is 4.79 Å². The number of benzene rings is 1. The number of carbonyl (C=O) groups excluding carboxylic acids is 1. The molecule has 2 aromatic rings. The molecule has 0 unspecified atom stereocenters. The van der Waals surface area contributed by atoms with Gasteiger partial charge in [-0.1, -0.05) is 17.7 Å². The number of thiophene rings is 1. The topological polar surface area (TPSA) is 17.1 Å². The number of aryl methyl sites for hydroxylation is 1. The van der Waals surface area contributed by atoms with Crippen LogP contribution in [0.5, 0.6) is 0 Å². The van der Waals surface area contributed by atoms with Gasteiger partial charge < -0.3 is 0 Å². The van der Waals surface area contributed by atoms with E-state index in [4.69, 9.17) is 11.6 Å². The third kappa shape index (κ3) is 1.26. The molecule has 0 aliphatic rings. The molecular formula is C10H7ClOS. The van der Waals surface area contributed by atoms with Crippen molar-refractivity contribution in [2.75, 3.05) is 0 Å². The minimum Gasteiger partial charge on any atom is -0.297 e. The maximum Gasteiger partial charge on any atom is 0.160 e. The zero-order chi connectivity index (χ0) is 9.42. The SMILES string of the molecule is Cc1c(C=O)sc2cccc(Cl)c12. The lowest BCUT2D eigenvalue weighted by Crippen LogP contribution is -1.76. The zero-order valence-corrected chi connectivity index (χ0v) is 8.58. The number of hydrogen-bond donors (Lipinski definition) is 0. The van der Waals surface area contributed by atoms with Gasteiger partial charge in [0, 0.05) is 15.1 Å². The highest BCUT2D eigenvalue weighted by atomic mass is 35.5. The largest absolute Gasteiger partial charge is 0.297 e. The molecule has 0 saturated heterocycles. The first-order valence-electron chi connectivity index (χ1n) is 3.87. The molecule has 1 aromatic heterocycles. The fourth-order valence-electron chi connectivity index (χ4n) is 1.38. The fraction of sp³-hybridized carbons (Fsp3) is 0.100. The molecule has 1 aromatic carbocycles. The van der Waals surface area contributed by atoms with E-state index in [2.05, 4.69) is 0 Å². The average Bonchev–Trinajstić information content (AvgIpc) is 2.44. The van der Waals surface area contributed by atoms with Gasteiger partial charge in [0.25, 0.3) is 0 Å². The Morgan fingerprint density at radius 2 is 2.23 bits per heavy atom. The number of rotatable bonds is 1. The van der Waals surface area contributed by atoms with Crippen molar-refractivity contribution in [2.45, 2.75) is 6.92 Å². The van der Waals surface area contributed by atoms with Gasteiger partial charge in [0.05, 0.1) is 4.88 Å². The Morgan fingerprint density at radius 1 is 1.46 bits per heavy atom. The third-order valence-corrected chi connectivity index (χ3v) is 3.54. The normalized spacial score (nSPS) is 10.6. The second kappa shape index (κ2) is 3.13. The lowest BCUT2D eigenvalue weighted by atomic mass is 10.1. The second-order valence-electron chi connectivity index (χ2n) is 2.82. The van der Waals surface area contributed by atoms with Crippen LogP contribution in [0.15, 0.2) is 18.2 Å². The number of fused-ring (bicyclic) bond motifs is 1. The van der Waals surface area contributed by atoms with E-state index in [1.54, 1.807) is 0 Å². The van der Waals surface area contributed by atoms with Crippen LogP contribution in [0.4, 0.5) is 0 Å². The standard InChI is InChI=1S/C10H7ClOS/c1-6-9(5-12)13-8-4-2-3-7(11)10(6)8/h2-5H,1H3. The predicted octanol–water partition coefficient (Wildman–Crippen LogP) is 3.68. The van der Waals surface area contributed by atoms with E-state index in [0.29, 0.717) is 0 Å². The van der Waals surface area contributed by atoms with Crippen molar-refractivity contribution < 1.29 is 4.79 Å². The van der Waals surface area contributed by atoms with Gasteiger partial charge in [0.1, 0.15) is 0 Å². The first-order valence-corrected chi connectivity index (χ1v) is 5.06. The van der Waals surface area contributed by atoms with Gasteiger partial charge >= 0.3 is 0 Å². The number of halogens is 1. The lowest BCUT2D eigenvalue weighted by Gasteiger charge is -1.93. The van der Waals surface area contributed by atoms with Crippen LogP contribution >= 0.6 is 22.9 Å². The summed E-state index contributed by atoms with van der Waals surface area (Å²) >= 11 is 7.51. The van der Waals surface area contributed by atoms with E-state index in [0.717, 1.165) is 31.8 Å². The summed E-state index contributed by atoms with van der Waals surface area (Å²) in [5, 5.41) is 1.73. The van der Waals surface area contributed by atoms with E-state index >= 15 is 0 Å². The Hall–Kier alpha value is -0.860. The zero-order valence-electron chi connectivity index (χ0n) is 7.00. The number of carbonyl (C=O) groups is 1. The second-order valence-corrected chi connectivity index (χ2v) is 4.31. The Bertz CT molecular complexity index is 473. The van der Waals surface area contributed by atoms with Crippen molar-refractivity contribution in [3.63, 3.8) is 0 Å². The Labute approximate surface area is 84.9 Å². The molecule has 0 N–H and O–H groups in total. The molecule has 13 heavy (non-hydrogen) atoms. The van der Waals surface area contributed by atoms with Crippen molar-refractivity contribution in [2.24, 2.45) is 0 Å². The maximum absolute atomic E-state index is 10.7. The van der Waals surface area contributed by atoms with Crippen molar-refractivity contribution in [3.05, 3.63) is 33.7 Å². The molecule has 0 saturated carbocycles. The van der Waals surface area contributed by atoms with E-state index in [1.807, 2.05) is 25.1 Å². The van der Waals surface area contributed by atoms with Crippen LogP contribution in [0.3, 0.4) is 0 Å². The van der Waals surface area contributed by atoms with Crippen molar-refractivity contribution in [3.8, 4) is 0 Å². The minimum atomic E-state index is 0.722. The summed E-state index contributed by atoms with van der Waals surface area (Å²) in [6.45, 7) is 1.93. The summed E-state index contributed by atoms with van der Waals surface area (Å²) in [5.41, 5.74) is 0.987. The summed E-state index contributed by atoms with van der Waals surface area (Å²) in [5.74, 6) is 0. The van der Waals surface area contributed by atoms with Crippen molar-refractivity contribution in [1.82, 2.24) is 0 Å². The smallest absolute Gasteiger partial charge is 0.160 e. The molecule has 1 heterocycles. The van der Waals surface area contributed by atoms with Crippen LogP contribution in [0.2, 0.25) is 5.02 Å². The third-order valence-electron chi connectivity index (χ3n) is 2.05. The molecule has 0 aliphatic carbocycles. The molecule has 0 fully saturated rings. The first-order chi connectivity index (χ1) is 6.24. The highest BCUT2D eigenvalue weighted by Crippen LogP contribution is 2.34. The van der Waals surface area contributed by atoms with Crippen molar-refractivity contribution >= 4 is 39.3 Å². The van der Waals surface area contributed by atoms with Gasteiger partial charge in [-0.05, 0) is 24.6 Å². The maximum atomic E-state index is 10.7. The van der Waals surface area contributed by atoms with Gasteiger partial charge in [0.2, 0.25) is 0 Å². The highest BCUT2D eigenvalue weighted by Gasteiger charge is 2.09. The minimum absolute atomic E-state index is 0.722. The molecular weight excluding hydrogens is 204 g/mol. The van der Waals surface area contributed by atoms with Gasteiger partial charge in [-0.2, -0.15) is 0 Å². The van der Waals surface area contributed by atoms with E-state index in [1.165, 1.54) is 11.3 Å². The van der Waals surface area contributed by atoms with Gasteiger partial charge in [-0.25, -0.2) is 0 Å². The molecule has 66 valence electrons. The molecule has 2 rings (SSSR count). The lowest BCUT2D eigenvalue weighted by molar-refractivity contribution is 0.112. The summed E-state index contributed by atoms with van der Waals surface area (Å²) in [6, 6.07) is 5.72. The average molecular weight is 211 g/mol. The number of aldehydes is 1. The summed E-state index contributed by atoms with van der Waals surface area (Å²) < 4.78 is 1.08. The first kappa shape index (κ1) is 8.73. The van der Waals surface area contributed by atoms with E-state index in [-0.39, 0.29) is 0 Å².